The second-order valence-electron chi connectivity index (χ2n) is 14.3. The highest BCUT2D eigenvalue weighted by molar-refractivity contribution is 6.73. The van der Waals surface area contributed by atoms with Crippen LogP contribution in [0.3, 0.4) is 0 Å². The monoisotopic (exact) mass is 626 g/mol. The molecule has 0 bridgehead atoms. The van der Waals surface area contributed by atoms with Crippen molar-refractivity contribution in [3.63, 3.8) is 0 Å². The number of nitrogens with zero attached hydrogens (tertiary/aromatic N) is 1. The Morgan fingerprint density at radius 1 is 0.592 bits per heavy atom. The number of hydrogen-bond acceptors (Lipinski definition) is 1. The molecule has 0 fully saturated rings. The van der Waals surface area contributed by atoms with Gasteiger partial charge in [-0.25, -0.2) is 0 Å². The molecule has 0 saturated heterocycles. The SMILES string of the molecule is Cc1ccccc1Nc1c(-c2cc(-c3ccccc3)cc3c2Bc2cccc4c5ccccc5n-3c24)ccc2c1-c1ccccc1C2(C)C. The summed E-state index contributed by atoms with van der Waals surface area (Å²) in [6.45, 7) is 6.93. The molecule has 0 spiro atoms. The first-order valence-corrected chi connectivity index (χ1v) is 17.3. The Hall–Kier alpha value is -5.80. The molecule has 1 N–H and O–H groups in total. The van der Waals surface area contributed by atoms with Crippen molar-refractivity contribution in [3.05, 3.63) is 162 Å². The van der Waals surface area contributed by atoms with E-state index in [-0.39, 0.29) is 5.41 Å². The Bertz CT molecular complexity index is 2640. The maximum atomic E-state index is 4.04. The van der Waals surface area contributed by atoms with Crippen LogP contribution in [0.2, 0.25) is 0 Å². The van der Waals surface area contributed by atoms with Crippen molar-refractivity contribution in [1.82, 2.24) is 4.57 Å². The van der Waals surface area contributed by atoms with E-state index in [4.69, 9.17) is 0 Å². The third kappa shape index (κ3) is 4.02. The normalized spacial score (nSPS) is 13.5. The smallest absolute Gasteiger partial charge is 0.198 e. The molecular weight excluding hydrogens is 591 g/mol. The Morgan fingerprint density at radius 3 is 2.22 bits per heavy atom. The number of aryl methyl sites for hydroxylation is 1. The summed E-state index contributed by atoms with van der Waals surface area (Å²) in [7, 11) is 0.871. The average molecular weight is 627 g/mol. The van der Waals surface area contributed by atoms with Crippen LogP contribution in [0, 0.1) is 6.92 Å². The molecule has 49 heavy (non-hydrogen) atoms. The van der Waals surface area contributed by atoms with Crippen LogP contribution >= 0.6 is 0 Å². The standard InChI is InChI=1S/C46H35BN2/c1-28-14-7-11-22-39(28)48-44-32(24-25-37-42(44)34-18-8-10-20-36(34)46(37,2)3)35-26-30(29-15-5-4-6-16-29)27-41-43(35)47-38-21-13-19-33-31-17-9-12-23-40(31)49(41)45(33)38/h4-27,47-48H,1-3H3. The number of fused-ring (bicyclic) bond motifs is 8. The first-order chi connectivity index (χ1) is 24.0. The van der Waals surface area contributed by atoms with Crippen molar-refractivity contribution in [2.45, 2.75) is 26.2 Å². The number of rotatable bonds is 4. The minimum Gasteiger partial charge on any atom is -0.354 e. The van der Waals surface area contributed by atoms with Gasteiger partial charge in [-0.15, -0.1) is 0 Å². The van der Waals surface area contributed by atoms with Crippen molar-refractivity contribution < 1.29 is 0 Å². The molecule has 2 nitrogen and oxygen atoms in total. The molecule has 232 valence electrons. The Labute approximate surface area is 287 Å². The summed E-state index contributed by atoms with van der Waals surface area (Å²) in [4.78, 5) is 0. The van der Waals surface area contributed by atoms with Crippen LogP contribution in [-0.2, 0) is 5.41 Å². The average Bonchev–Trinajstić information content (AvgIpc) is 3.60. The topological polar surface area (TPSA) is 17.0 Å². The van der Waals surface area contributed by atoms with E-state index < -0.39 is 0 Å². The third-order valence-corrected chi connectivity index (χ3v) is 11.2. The second-order valence-corrected chi connectivity index (χ2v) is 14.3. The molecule has 0 radical (unpaired) electrons. The van der Waals surface area contributed by atoms with E-state index >= 15 is 0 Å². The van der Waals surface area contributed by atoms with E-state index in [9.17, 15) is 0 Å². The molecule has 10 rings (SSSR count). The summed E-state index contributed by atoms with van der Waals surface area (Å²) in [5.41, 5.74) is 20.3. The van der Waals surface area contributed by atoms with Crippen molar-refractivity contribution in [2.24, 2.45) is 0 Å². The lowest BCUT2D eigenvalue weighted by molar-refractivity contribution is 0.660. The molecular formula is C46H35BN2. The van der Waals surface area contributed by atoms with Gasteiger partial charge in [0.05, 0.1) is 11.2 Å². The zero-order valence-corrected chi connectivity index (χ0v) is 28.0. The van der Waals surface area contributed by atoms with E-state index in [1.54, 1.807) is 0 Å². The van der Waals surface area contributed by atoms with Crippen LogP contribution in [-0.4, -0.2) is 11.8 Å². The van der Waals surface area contributed by atoms with Crippen molar-refractivity contribution in [2.75, 3.05) is 5.32 Å². The summed E-state index contributed by atoms with van der Waals surface area (Å²) < 4.78 is 2.54. The molecule has 2 heterocycles. The highest BCUT2D eigenvalue weighted by Gasteiger charge is 2.38. The lowest BCUT2D eigenvalue weighted by Gasteiger charge is -2.27. The summed E-state index contributed by atoms with van der Waals surface area (Å²) >= 11 is 0. The summed E-state index contributed by atoms with van der Waals surface area (Å²) in [6.07, 6.45) is 0. The second kappa shape index (κ2) is 10.4. The first kappa shape index (κ1) is 28.2. The van der Waals surface area contributed by atoms with Gasteiger partial charge >= 0.3 is 0 Å². The van der Waals surface area contributed by atoms with E-state index in [2.05, 4.69) is 176 Å². The molecule has 0 amide bonds. The lowest BCUT2D eigenvalue weighted by atomic mass is 9.58. The third-order valence-electron chi connectivity index (χ3n) is 11.2. The van der Waals surface area contributed by atoms with Crippen molar-refractivity contribution in [3.8, 4) is 39.1 Å². The fraction of sp³-hybridized carbons (Fsp3) is 0.0870. The molecule has 2 aliphatic rings. The first-order valence-electron chi connectivity index (χ1n) is 17.3. The van der Waals surface area contributed by atoms with Crippen LogP contribution in [0.15, 0.2) is 146 Å². The molecule has 7 aromatic carbocycles. The quantitative estimate of drug-likeness (QED) is 0.192. The summed E-state index contributed by atoms with van der Waals surface area (Å²) in [5.74, 6) is 0. The van der Waals surface area contributed by atoms with Gasteiger partial charge in [-0.1, -0.05) is 141 Å². The van der Waals surface area contributed by atoms with Gasteiger partial charge in [0.1, 0.15) is 0 Å². The van der Waals surface area contributed by atoms with Crippen molar-refractivity contribution >= 4 is 51.4 Å². The van der Waals surface area contributed by atoms with Gasteiger partial charge in [0, 0.05) is 44.2 Å². The lowest BCUT2D eigenvalue weighted by Crippen LogP contribution is -2.37. The molecule has 3 heteroatoms. The Kier molecular flexibility index (Phi) is 5.96. The number of nitrogens with one attached hydrogen (secondary N) is 1. The number of anilines is 2. The molecule has 1 aromatic heterocycles. The van der Waals surface area contributed by atoms with Crippen LogP contribution in [0.4, 0.5) is 11.4 Å². The Morgan fingerprint density at radius 2 is 1.35 bits per heavy atom. The van der Waals surface area contributed by atoms with Gasteiger partial charge in [-0.2, -0.15) is 0 Å². The number of para-hydroxylation sites is 3. The van der Waals surface area contributed by atoms with Gasteiger partial charge in [0.2, 0.25) is 0 Å². The fourth-order valence-corrected chi connectivity index (χ4v) is 8.75. The number of aromatic nitrogens is 1. The summed E-state index contributed by atoms with van der Waals surface area (Å²) in [6, 6.07) is 53.9. The van der Waals surface area contributed by atoms with Gasteiger partial charge in [0.25, 0.3) is 0 Å². The molecule has 0 saturated carbocycles. The number of benzene rings is 7. The van der Waals surface area contributed by atoms with Crippen LogP contribution in [0.25, 0.3) is 60.9 Å². The van der Waals surface area contributed by atoms with Gasteiger partial charge in [-0.3, -0.25) is 0 Å². The summed E-state index contributed by atoms with van der Waals surface area (Å²) in [5, 5.41) is 6.67. The highest BCUT2D eigenvalue weighted by atomic mass is 15.0. The van der Waals surface area contributed by atoms with Crippen LogP contribution in [0.1, 0.15) is 30.5 Å². The maximum absolute atomic E-state index is 4.04. The minimum atomic E-state index is -0.105. The Balaban J connectivity index is 1.33. The van der Waals surface area contributed by atoms with Crippen LogP contribution < -0.4 is 16.2 Å². The molecule has 1 aliphatic carbocycles. The number of hydrogen-bond donors (Lipinski definition) is 1. The highest BCUT2D eigenvalue weighted by Crippen LogP contribution is 2.54. The van der Waals surface area contributed by atoms with E-state index in [0.717, 1.165) is 13.0 Å². The largest absolute Gasteiger partial charge is 0.354 e. The van der Waals surface area contributed by atoms with E-state index in [1.807, 2.05) is 0 Å². The fourth-order valence-electron chi connectivity index (χ4n) is 8.75. The minimum absolute atomic E-state index is 0.105. The van der Waals surface area contributed by atoms with Gasteiger partial charge < -0.3 is 9.88 Å². The molecule has 1 aliphatic heterocycles. The van der Waals surface area contributed by atoms with E-state index in [0.29, 0.717) is 0 Å². The van der Waals surface area contributed by atoms with Crippen molar-refractivity contribution in [1.29, 1.82) is 0 Å². The zero-order chi connectivity index (χ0) is 32.9. The molecule has 8 aromatic rings. The molecule has 0 unspecified atom stereocenters. The maximum Gasteiger partial charge on any atom is 0.198 e. The zero-order valence-electron chi connectivity index (χ0n) is 28.0. The molecule has 0 atom stereocenters. The van der Waals surface area contributed by atoms with Crippen LogP contribution in [0.5, 0.6) is 0 Å². The van der Waals surface area contributed by atoms with Gasteiger partial charge in [0.15, 0.2) is 7.28 Å². The van der Waals surface area contributed by atoms with E-state index in [1.165, 1.54) is 94.2 Å². The predicted octanol–water partition coefficient (Wildman–Crippen LogP) is 10.2. The van der Waals surface area contributed by atoms with Gasteiger partial charge in [-0.05, 0) is 75.6 Å². The predicted molar refractivity (Wildman–Crippen MR) is 210 cm³/mol.